The molecular formula is C29H40N6O2. The van der Waals surface area contributed by atoms with Crippen LogP contribution < -0.4 is 21.5 Å². The lowest BCUT2D eigenvalue weighted by Gasteiger charge is -2.36. The Bertz CT molecular complexity index is 1320. The van der Waals surface area contributed by atoms with Gasteiger partial charge in [-0.05, 0) is 87.8 Å². The van der Waals surface area contributed by atoms with Gasteiger partial charge in [0.1, 0.15) is 0 Å². The van der Waals surface area contributed by atoms with Crippen LogP contribution in [0, 0.1) is 20.8 Å². The number of aromatic amines is 1. The number of nitrogens with one attached hydrogen (secondary N) is 2. The summed E-state index contributed by atoms with van der Waals surface area (Å²) in [5.74, 6) is -0.194. The van der Waals surface area contributed by atoms with Crippen molar-refractivity contribution in [3.05, 3.63) is 68.9 Å². The fraction of sp³-hybridized carbons (Fsp3) is 0.483. The Balaban J connectivity index is 1.68. The molecule has 0 unspecified atom stereocenters. The zero-order valence-corrected chi connectivity index (χ0v) is 22.7. The van der Waals surface area contributed by atoms with Crippen LogP contribution in [0.25, 0.3) is 11.1 Å². The SMILES string of the molecule is CCCn1cc(-c2cc(C(=O)NCc3c(C)cc(C)[nH]c3=O)c(C)c(N(C)[C@H]3CC[C@@H](N)CC3)c2)cn1. The first-order valence-corrected chi connectivity index (χ1v) is 13.3. The normalized spacial score (nSPS) is 17.6. The Morgan fingerprint density at radius 2 is 1.89 bits per heavy atom. The van der Waals surface area contributed by atoms with Crippen molar-refractivity contribution in [1.82, 2.24) is 20.1 Å². The third-order valence-corrected chi connectivity index (χ3v) is 7.63. The second-order valence-electron chi connectivity index (χ2n) is 10.5. The zero-order valence-electron chi connectivity index (χ0n) is 22.7. The number of hydrogen-bond acceptors (Lipinski definition) is 5. The monoisotopic (exact) mass is 504 g/mol. The van der Waals surface area contributed by atoms with Crippen molar-refractivity contribution in [3.63, 3.8) is 0 Å². The predicted octanol–water partition coefficient (Wildman–Crippen LogP) is 4.21. The smallest absolute Gasteiger partial charge is 0.253 e. The van der Waals surface area contributed by atoms with Crippen LogP contribution in [-0.4, -0.2) is 39.8 Å². The third-order valence-electron chi connectivity index (χ3n) is 7.63. The third kappa shape index (κ3) is 5.96. The van der Waals surface area contributed by atoms with Gasteiger partial charge in [-0.2, -0.15) is 5.10 Å². The van der Waals surface area contributed by atoms with Crippen LogP contribution in [-0.2, 0) is 13.1 Å². The molecule has 4 N–H and O–H groups in total. The lowest BCUT2D eigenvalue weighted by atomic mass is 9.89. The number of H-pyrrole nitrogens is 1. The molecule has 0 atom stereocenters. The molecular weight excluding hydrogens is 464 g/mol. The summed E-state index contributed by atoms with van der Waals surface area (Å²) in [4.78, 5) is 31.2. The number of nitrogens with two attached hydrogens (primary N) is 1. The number of amides is 1. The van der Waals surface area contributed by atoms with Crippen molar-refractivity contribution >= 4 is 11.6 Å². The molecule has 1 aliphatic carbocycles. The van der Waals surface area contributed by atoms with E-state index >= 15 is 0 Å². The van der Waals surface area contributed by atoms with E-state index in [9.17, 15) is 9.59 Å². The van der Waals surface area contributed by atoms with Crippen LogP contribution in [0.1, 0.15) is 71.8 Å². The molecule has 3 aromatic rings. The number of carbonyl (C=O) groups is 1. The van der Waals surface area contributed by atoms with E-state index in [0.29, 0.717) is 17.2 Å². The van der Waals surface area contributed by atoms with E-state index in [1.165, 1.54) is 0 Å². The van der Waals surface area contributed by atoms with Crippen molar-refractivity contribution in [2.75, 3.05) is 11.9 Å². The maximum atomic E-state index is 13.5. The lowest BCUT2D eigenvalue weighted by molar-refractivity contribution is 0.0950. The first-order valence-electron chi connectivity index (χ1n) is 13.3. The van der Waals surface area contributed by atoms with E-state index in [1.54, 1.807) is 0 Å². The first-order chi connectivity index (χ1) is 17.7. The Morgan fingerprint density at radius 1 is 1.16 bits per heavy atom. The fourth-order valence-electron chi connectivity index (χ4n) is 5.38. The predicted molar refractivity (Wildman–Crippen MR) is 149 cm³/mol. The van der Waals surface area contributed by atoms with Crippen LogP contribution in [0.2, 0.25) is 0 Å². The van der Waals surface area contributed by atoms with Gasteiger partial charge in [0.15, 0.2) is 0 Å². The van der Waals surface area contributed by atoms with Crippen LogP contribution in [0.5, 0.6) is 0 Å². The Hall–Kier alpha value is -3.39. The number of anilines is 1. The molecule has 0 saturated heterocycles. The van der Waals surface area contributed by atoms with E-state index in [1.807, 2.05) is 50.0 Å². The van der Waals surface area contributed by atoms with Gasteiger partial charge in [0.25, 0.3) is 11.5 Å². The summed E-state index contributed by atoms with van der Waals surface area (Å²) < 4.78 is 1.94. The molecule has 1 aliphatic rings. The number of carbonyl (C=O) groups excluding carboxylic acids is 1. The summed E-state index contributed by atoms with van der Waals surface area (Å²) in [7, 11) is 2.12. The van der Waals surface area contributed by atoms with Gasteiger partial charge in [-0.15, -0.1) is 0 Å². The highest BCUT2D eigenvalue weighted by atomic mass is 16.1. The van der Waals surface area contributed by atoms with Crippen molar-refractivity contribution in [1.29, 1.82) is 0 Å². The Labute approximate surface area is 219 Å². The van der Waals surface area contributed by atoms with Crippen LogP contribution in [0.15, 0.2) is 35.4 Å². The van der Waals surface area contributed by atoms with Crippen molar-refractivity contribution < 1.29 is 4.79 Å². The summed E-state index contributed by atoms with van der Waals surface area (Å²) in [6, 6.07) is 6.69. The van der Waals surface area contributed by atoms with Crippen LogP contribution >= 0.6 is 0 Å². The molecule has 37 heavy (non-hydrogen) atoms. The minimum Gasteiger partial charge on any atom is -0.371 e. The number of rotatable bonds is 8. The van der Waals surface area contributed by atoms with Crippen LogP contribution in [0.4, 0.5) is 5.69 Å². The van der Waals surface area contributed by atoms with Gasteiger partial charge in [0, 0.05) is 66.5 Å². The fourth-order valence-corrected chi connectivity index (χ4v) is 5.38. The molecule has 0 spiro atoms. The van der Waals surface area contributed by atoms with E-state index < -0.39 is 0 Å². The summed E-state index contributed by atoms with van der Waals surface area (Å²) in [6.45, 7) is 8.89. The summed E-state index contributed by atoms with van der Waals surface area (Å²) in [5.41, 5.74) is 12.8. The van der Waals surface area contributed by atoms with E-state index in [2.05, 4.69) is 40.3 Å². The lowest BCUT2D eigenvalue weighted by Crippen LogP contribution is -2.39. The van der Waals surface area contributed by atoms with Gasteiger partial charge in [-0.3, -0.25) is 14.3 Å². The average Bonchev–Trinajstić information content (AvgIpc) is 3.32. The second kappa shape index (κ2) is 11.3. The molecule has 0 bridgehead atoms. The Kier molecular flexibility index (Phi) is 8.17. The Morgan fingerprint density at radius 3 is 2.57 bits per heavy atom. The maximum absolute atomic E-state index is 13.5. The number of benzene rings is 1. The van der Waals surface area contributed by atoms with Gasteiger partial charge in [0.2, 0.25) is 0 Å². The second-order valence-corrected chi connectivity index (χ2v) is 10.5. The van der Waals surface area contributed by atoms with Gasteiger partial charge in [-0.1, -0.05) is 6.92 Å². The summed E-state index contributed by atoms with van der Waals surface area (Å²) in [6.07, 6.45) is 8.98. The molecule has 4 rings (SSSR count). The standard InChI is InChI=1S/C29H40N6O2/c1-6-11-35-17-22(15-32-35)21-13-25(28(36)31-16-26-18(2)12-19(3)33-29(26)37)20(4)27(14-21)34(5)24-9-7-23(30)8-10-24/h12-15,17,23-24H,6-11,16,30H2,1-5H3,(H,31,36)(H,33,37)/t23-,24+. The van der Waals surface area contributed by atoms with Crippen LogP contribution in [0.3, 0.4) is 0 Å². The molecule has 8 heteroatoms. The van der Waals surface area contributed by atoms with Crippen molar-refractivity contribution in [2.45, 2.75) is 85.0 Å². The highest BCUT2D eigenvalue weighted by Crippen LogP contribution is 2.34. The highest BCUT2D eigenvalue weighted by Gasteiger charge is 2.25. The maximum Gasteiger partial charge on any atom is 0.253 e. The zero-order chi connectivity index (χ0) is 26.7. The highest BCUT2D eigenvalue weighted by molar-refractivity contribution is 5.98. The molecule has 1 fully saturated rings. The summed E-state index contributed by atoms with van der Waals surface area (Å²) >= 11 is 0. The number of aryl methyl sites for hydroxylation is 3. The molecule has 8 nitrogen and oxygen atoms in total. The number of hydrogen-bond donors (Lipinski definition) is 3. The molecule has 0 aliphatic heterocycles. The first kappa shape index (κ1) is 26.7. The summed E-state index contributed by atoms with van der Waals surface area (Å²) in [5, 5.41) is 7.50. The topological polar surface area (TPSA) is 109 Å². The minimum atomic E-state index is -0.194. The van der Waals surface area contributed by atoms with E-state index in [0.717, 1.165) is 72.3 Å². The number of nitrogens with zero attached hydrogens (tertiary/aromatic N) is 3. The van der Waals surface area contributed by atoms with E-state index in [4.69, 9.17) is 5.73 Å². The van der Waals surface area contributed by atoms with Gasteiger partial charge < -0.3 is 20.9 Å². The minimum absolute atomic E-state index is 0.164. The quantitative estimate of drug-likeness (QED) is 0.426. The average molecular weight is 505 g/mol. The molecule has 1 saturated carbocycles. The largest absolute Gasteiger partial charge is 0.371 e. The van der Waals surface area contributed by atoms with Gasteiger partial charge in [-0.25, -0.2) is 0 Å². The van der Waals surface area contributed by atoms with Crippen molar-refractivity contribution in [2.24, 2.45) is 5.73 Å². The number of pyridine rings is 1. The molecule has 0 radical (unpaired) electrons. The van der Waals surface area contributed by atoms with Gasteiger partial charge >= 0.3 is 0 Å². The molecule has 2 aromatic heterocycles. The molecule has 2 heterocycles. The van der Waals surface area contributed by atoms with Crippen molar-refractivity contribution in [3.8, 4) is 11.1 Å². The molecule has 1 aromatic carbocycles. The van der Waals surface area contributed by atoms with E-state index in [-0.39, 0.29) is 24.1 Å². The number of aromatic nitrogens is 3. The molecule has 198 valence electrons. The molecule has 1 amide bonds. The van der Waals surface area contributed by atoms with Gasteiger partial charge in [0.05, 0.1) is 6.20 Å².